The maximum absolute atomic E-state index is 5.26. The van der Waals surface area contributed by atoms with Gasteiger partial charge in [0, 0.05) is 33.3 Å². The molecular formula is C58H43IrN4. The zero-order valence-electron chi connectivity index (χ0n) is 35.5. The number of benzene rings is 8. The van der Waals surface area contributed by atoms with Gasteiger partial charge in [-0.15, -0.1) is 35.7 Å². The number of rotatable bonds is 2. The van der Waals surface area contributed by atoms with Crippen molar-refractivity contribution in [1.82, 2.24) is 14.0 Å². The van der Waals surface area contributed by atoms with Crippen molar-refractivity contribution >= 4 is 82.0 Å². The summed E-state index contributed by atoms with van der Waals surface area (Å²) in [5, 5.41) is 11.0. The first-order valence-electron chi connectivity index (χ1n) is 21.5. The fourth-order valence-electron chi connectivity index (χ4n) is 10.3. The van der Waals surface area contributed by atoms with Gasteiger partial charge in [-0.1, -0.05) is 178 Å². The number of imidazole rings is 1. The summed E-state index contributed by atoms with van der Waals surface area (Å²) in [6.07, 6.45) is 0. The molecule has 11 aromatic rings. The number of para-hydroxylation sites is 4. The number of aromatic nitrogens is 3. The van der Waals surface area contributed by atoms with E-state index < -0.39 is 0 Å². The molecule has 0 amide bonds. The molecule has 5 heterocycles. The minimum absolute atomic E-state index is 0. The van der Waals surface area contributed by atoms with Gasteiger partial charge in [-0.2, -0.15) is 24.3 Å². The van der Waals surface area contributed by atoms with Crippen LogP contribution in [0, 0.1) is 18.8 Å². The first-order chi connectivity index (χ1) is 30.3. The second kappa shape index (κ2) is 14.6. The Hall–Kier alpha value is -6.91. The van der Waals surface area contributed by atoms with Crippen molar-refractivity contribution in [3.8, 4) is 11.3 Å². The van der Waals surface area contributed by atoms with E-state index >= 15 is 0 Å². The van der Waals surface area contributed by atoms with Gasteiger partial charge in [0.05, 0.1) is 11.3 Å². The molecule has 5 heteroatoms. The first-order valence-corrected chi connectivity index (χ1v) is 21.5. The summed E-state index contributed by atoms with van der Waals surface area (Å²) in [5.41, 5.74) is 11.7. The molecule has 0 bridgehead atoms. The Morgan fingerprint density at radius 1 is 0.492 bits per heavy atom. The minimum atomic E-state index is -0.0959. The van der Waals surface area contributed by atoms with Crippen LogP contribution in [-0.4, -0.2) is 14.0 Å². The van der Waals surface area contributed by atoms with Gasteiger partial charge in [-0.3, -0.25) is 4.98 Å². The second-order valence-corrected chi connectivity index (χ2v) is 17.6. The van der Waals surface area contributed by atoms with Crippen LogP contribution in [0.5, 0.6) is 0 Å². The predicted octanol–water partition coefficient (Wildman–Crippen LogP) is 14.8. The van der Waals surface area contributed by atoms with Crippen LogP contribution < -0.4 is 4.90 Å². The molecule has 0 unspecified atom stereocenters. The van der Waals surface area contributed by atoms with Gasteiger partial charge in [-0.05, 0) is 61.5 Å². The van der Waals surface area contributed by atoms with Crippen molar-refractivity contribution in [3.05, 3.63) is 212 Å². The van der Waals surface area contributed by atoms with E-state index in [0.29, 0.717) is 0 Å². The molecule has 304 valence electrons. The molecule has 0 radical (unpaired) electrons. The van der Waals surface area contributed by atoms with Crippen molar-refractivity contribution < 1.29 is 20.1 Å². The number of anilines is 2. The molecule has 4 nitrogen and oxygen atoms in total. The fraction of sp³-hybridized carbons (Fsp3) is 0.103. The number of hydrogen-bond acceptors (Lipinski definition) is 2. The molecule has 0 spiro atoms. The number of nitrogens with zero attached hydrogens (tertiary/aromatic N) is 4. The zero-order chi connectivity index (χ0) is 41.7. The van der Waals surface area contributed by atoms with Crippen LogP contribution in [0.4, 0.5) is 11.4 Å². The maximum atomic E-state index is 5.26. The molecule has 8 aromatic carbocycles. The van der Waals surface area contributed by atoms with Crippen LogP contribution in [0.3, 0.4) is 0 Å². The van der Waals surface area contributed by atoms with E-state index in [-0.39, 0.29) is 30.9 Å². The second-order valence-electron chi connectivity index (χ2n) is 17.6. The molecule has 13 rings (SSSR count). The summed E-state index contributed by atoms with van der Waals surface area (Å²) >= 11 is 0. The van der Waals surface area contributed by atoms with Crippen LogP contribution in [0.15, 0.2) is 182 Å². The molecule has 2 aliphatic rings. The zero-order valence-corrected chi connectivity index (χ0v) is 37.9. The average Bonchev–Trinajstić information content (AvgIpc) is 3.94. The number of hydrogen-bond donors (Lipinski definition) is 0. The Morgan fingerprint density at radius 3 is 1.78 bits per heavy atom. The van der Waals surface area contributed by atoms with Gasteiger partial charge in [0.1, 0.15) is 0 Å². The summed E-state index contributed by atoms with van der Waals surface area (Å²) in [7, 11) is 0. The van der Waals surface area contributed by atoms with Crippen LogP contribution in [0.25, 0.3) is 81.9 Å². The smallest absolute Gasteiger partial charge is 0.459 e. The monoisotopic (exact) mass is 988 g/mol. The molecule has 0 atom stereocenters. The van der Waals surface area contributed by atoms with Crippen molar-refractivity contribution in [1.29, 1.82) is 0 Å². The third-order valence-electron chi connectivity index (χ3n) is 14.0. The summed E-state index contributed by atoms with van der Waals surface area (Å²) in [4.78, 5) is 7.50. The molecule has 0 N–H and O–H groups in total. The standard InChI is InChI=1S/C31H20N2.C27H23N2.Ir/c1-2-11-22(12-3-1)32-21-33-29-19-9-8-17-27(29)25-15-6-4-13-23(25)24-14-5-7-16-26(24)28-18-10-20-30(32)31(28)33;1-26(2)21-16-10-15-19-18-13-8-9-14-20(18)25-28-22(17-11-6-5-7-12-17)24(27(26,3)4)29(25)23(19)21;/h1-11,13-21H;5-13,15-16H,1-4H3;/q-2;-1;+3. The Bertz CT molecular complexity index is 3670. The molecule has 0 aliphatic carbocycles. The van der Waals surface area contributed by atoms with E-state index in [1.807, 2.05) is 18.2 Å². The molecule has 0 saturated heterocycles. The Kier molecular flexibility index (Phi) is 9.03. The number of pyridine rings is 1. The number of fused-ring (bicyclic) bond motifs is 10. The Balaban J connectivity index is 0.000000140. The minimum Gasteiger partial charge on any atom is -0.459 e. The van der Waals surface area contributed by atoms with Gasteiger partial charge >= 0.3 is 20.1 Å². The summed E-state index contributed by atoms with van der Waals surface area (Å²) in [5.74, 6) is 0. The van der Waals surface area contributed by atoms with Gasteiger partial charge in [-0.25, -0.2) is 0 Å². The first kappa shape index (κ1) is 39.0. The summed E-state index contributed by atoms with van der Waals surface area (Å²) in [6.45, 7) is 11.7. The van der Waals surface area contributed by atoms with Gasteiger partial charge in [0.25, 0.3) is 0 Å². The van der Waals surface area contributed by atoms with Gasteiger partial charge in [0.2, 0.25) is 0 Å². The van der Waals surface area contributed by atoms with Crippen LogP contribution >= 0.6 is 0 Å². The average molecular weight is 988 g/mol. The largest absolute Gasteiger partial charge is 3.00 e. The van der Waals surface area contributed by atoms with Crippen LogP contribution in [-0.2, 0) is 30.9 Å². The molecule has 63 heavy (non-hydrogen) atoms. The quantitative estimate of drug-likeness (QED) is 0.127. The van der Waals surface area contributed by atoms with Crippen molar-refractivity contribution in [2.45, 2.75) is 38.5 Å². The van der Waals surface area contributed by atoms with Crippen LogP contribution in [0.2, 0.25) is 0 Å². The Labute approximate surface area is 380 Å². The molecule has 0 fully saturated rings. The Morgan fingerprint density at radius 2 is 1.06 bits per heavy atom. The SMILES string of the molecule is CC1(C)c2cccc3c4ccc[c-]c4c4nc(-c5ccccc5)c(n4c23)C1(C)C.[Ir+3].[c-]1ccccc1N1[CH-]n2c3ccccc3c3ccccc3c3ccccc3c3cccc1c32. The summed E-state index contributed by atoms with van der Waals surface area (Å²) in [6, 6.07) is 71.5. The third kappa shape index (κ3) is 5.63. The molecule has 2 aliphatic heterocycles. The van der Waals surface area contributed by atoms with E-state index in [1.54, 1.807) is 0 Å². The maximum Gasteiger partial charge on any atom is 3.00 e. The van der Waals surface area contributed by atoms with Crippen LogP contribution in [0.1, 0.15) is 39.0 Å². The van der Waals surface area contributed by atoms with E-state index in [4.69, 9.17) is 4.98 Å². The molecule has 3 aromatic heterocycles. The fourth-order valence-corrected chi connectivity index (χ4v) is 10.3. The van der Waals surface area contributed by atoms with Crippen molar-refractivity contribution in [2.75, 3.05) is 4.90 Å². The predicted molar refractivity (Wildman–Crippen MR) is 260 cm³/mol. The summed E-state index contributed by atoms with van der Waals surface area (Å²) < 4.78 is 4.77. The molecular weight excluding hydrogens is 945 g/mol. The van der Waals surface area contributed by atoms with Gasteiger partial charge in [0.15, 0.2) is 0 Å². The van der Waals surface area contributed by atoms with Crippen molar-refractivity contribution in [2.24, 2.45) is 0 Å². The molecule has 0 saturated carbocycles. The van der Waals surface area contributed by atoms with E-state index in [1.165, 1.54) is 76.5 Å². The van der Waals surface area contributed by atoms with E-state index in [2.05, 4.69) is 224 Å². The topological polar surface area (TPSA) is 25.5 Å². The van der Waals surface area contributed by atoms with E-state index in [9.17, 15) is 0 Å². The van der Waals surface area contributed by atoms with Crippen molar-refractivity contribution in [3.63, 3.8) is 0 Å². The van der Waals surface area contributed by atoms with Gasteiger partial charge < -0.3 is 13.9 Å². The third-order valence-corrected chi connectivity index (χ3v) is 14.0. The normalized spacial score (nSPS) is 14.3. The van der Waals surface area contributed by atoms with E-state index in [0.717, 1.165) is 28.1 Å².